The van der Waals surface area contributed by atoms with E-state index in [9.17, 15) is 14.9 Å². The number of para-hydroxylation sites is 1. The largest absolute Gasteiger partial charge is 0.421 e. The number of hydrogen-bond donors (Lipinski definition) is 0. The van der Waals surface area contributed by atoms with Crippen molar-refractivity contribution in [2.45, 2.75) is 6.92 Å². The van der Waals surface area contributed by atoms with Crippen LogP contribution in [0.5, 0.6) is 5.75 Å². The van der Waals surface area contributed by atoms with Crippen LogP contribution >= 0.6 is 0 Å². The van der Waals surface area contributed by atoms with E-state index in [0.717, 1.165) is 5.69 Å². The standard InChI is InChI=1S/C17H13N3O4/c1-12-15(20(22)23)8-5-9-16(12)24-17(21)14-10-11-19(18-14)13-6-3-2-4-7-13/h2-11H,1H3. The predicted octanol–water partition coefficient (Wildman–Crippen LogP) is 3.31. The Morgan fingerprint density at radius 1 is 1.12 bits per heavy atom. The molecule has 120 valence electrons. The van der Waals surface area contributed by atoms with E-state index in [-0.39, 0.29) is 17.1 Å². The van der Waals surface area contributed by atoms with E-state index in [1.165, 1.54) is 31.2 Å². The minimum absolute atomic E-state index is 0.102. The monoisotopic (exact) mass is 323 g/mol. The SMILES string of the molecule is Cc1c(OC(=O)c2ccn(-c3ccccc3)n2)cccc1[N+](=O)[O-]. The topological polar surface area (TPSA) is 87.3 Å². The van der Waals surface area contributed by atoms with Crippen molar-refractivity contribution in [2.24, 2.45) is 0 Å². The molecule has 3 aromatic rings. The molecule has 0 radical (unpaired) electrons. The van der Waals surface area contributed by atoms with Gasteiger partial charge in [0.25, 0.3) is 5.69 Å². The minimum Gasteiger partial charge on any atom is -0.421 e. The van der Waals surface area contributed by atoms with Gasteiger partial charge in [0.15, 0.2) is 5.69 Å². The zero-order chi connectivity index (χ0) is 17.1. The van der Waals surface area contributed by atoms with Crippen molar-refractivity contribution < 1.29 is 14.5 Å². The summed E-state index contributed by atoms with van der Waals surface area (Å²) < 4.78 is 6.80. The lowest BCUT2D eigenvalue weighted by Crippen LogP contribution is -2.11. The summed E-state index contributed by atoms with van der Waals surface area (Å²) in [6, 6.07) is 15.2. The molecule has 1 aromatic heterocycles. The van der Waals surface area contributed by atoms with Crippen LogP contribution in [-0.4, -0.2) is 20.7 Å². The first-order chi connectivity index (χ1) is 11.6. The summed E-state index contributed by atoms with van der Waals surface area (Å²) in [4.78, 5) is 22.6. The highest BCUT2D eigenvalue weighted by atomic mass is 16.6. The number of rotatable bonds is 4. The van der Waals surface area contributed by atoms with Crippen LogP contribution in [0.3, 0.4) is 0 Å². The first kappa shape index (κ1) is 15.4. The molecular weight excluding hydrogens is 310 g/mol. The summed E-state index contributed by atoms with van der Waals surface area (Å²) >= 11 is 0. The molecule has 0 aliphatic carbocycles. The molecule has 1 heterocycles. The van der Waals surface area contributed by atoms with Crippen molar-refractivity contribution >= 4 is 11.7 Å². The van der Waals surface area contributed by atoms with E-state index < -0.39 is 10.9 Å². The van der Waals surface area contributed by atoms with Crippen LogP contribution in [0.2, 0.25) is 0 Å². The molecule has 0 spiro atoms. The van der Waals surface area contributed by atoms with Crippen LogP contribution in [-0.2, 0) is 0 Å². The molecule has 3 rings (SSSR count). The van der Waals surface area contributed by atoms with Crippen molar-refractivity contribution in [3.8, 4) is 11.4 Å². The molecule has 0 fully saturated rings. The maximum atomic E-state index is 12.2. The normalized spacial score (nSPS) is 10.4. The van der Waals surface area contributed by atoms with E-state index in [4.69, 9.17) is 4.74 Å². The molecule has 0 saturated heterocycles. The smallest absolute Gasteiger partial charge is 0.364 e. The molecule has 0 amide bonds. The lowest BCUT2D eigenvalue weighted by molar-refractivity contribution is -0.385. The fourth-order valence-corrected chi connectivity index (χ4v) is 2.22. The van der Waals surface area contributed by atoms with Crippen molar-refractivity contribution in [1.82, 2.24) is 9.78 Å². The third-order valence-electron chi connectivity index (χ3n) is 3.47. The Kier molecular flexibility index (Phi) is 4.07. The van der Waals surface area contributed by atoms with Gasteiger partial charge >= 0.3 is 5.97 Å². The molecule has 0 atom stereocenters. The minimum atomic E-state index is -0.673. The summed E-state index contributed by atoms with van der Waals surface area (Å²) in [5, 5.41) is 15.1. The van der Waals surface area contributed by atoms with Gasteiger partial charge in [0.2, 0.25) is 0 Å². The van der Waals surface area contributed by atoms with Crippen molar-refractivity contribution in [3.05, 3.63) is 82.2 Å². The molecule has 0 aliphatic rings. The Labute approximate surface area is 137 Å². The number of ether oxygens (including phenoxy) is 1. The molecule has 24 heavy (non-hydrogen) atoms. The fourth-order valence-electron chi connectivity index (χ4n) is 2.22. The van der Waals surface area contributed by atoms with Gasteiger partial charge in [0.05, 0.1) is 16.2 Å². The van der Waals surface area contributed by atoms with E-state index >= 15 is 0 Å². The van der Waals surface area contributed by atoms with Crippen molar-refractivity contribution in [2.75, 3.05) is 0 Å². The highest BCUT2D eigenvalue weighted by Gasteiger charge is 2.18. The number of aromatic nitrogens is 2. The van der Waals surface area contributed by atoms with Gasteiger partial charge in [0, 0.05) is 12.3 Å². The first-order valence-electron chi connectivity index (χ1n) is 7.13. The molecule has 0 N–H and O–H groups in total. The fraction of sp³-hybridized carbons (Fsp3) is 0.0588. The van der Waals surface area contributed by atoms with Crippen LogP contribution < -0.4 is 4.74 Å². The maximum Gasteiger partial charge on any atom is 0.364 e. The molecule has 0 bridgehead atoms. The summed E-state index contributed by atoms with van der Waals surface area (Å²) in [7, 11) is 0. The zero-order valence-corrected chi connectivity index (χ0v) is 12.7. The number of benzene rings is 2. The number of carbonyl (C=O) groups excluding carboxylic acids is 1. The van der Waals surface area contributed by atoms with Crippen LogP contribution in [0, 0.1) is 17.0 Å². The maximum absolute atomic E-state index is 12.2. The van der Waals surface area contributed by atoms with Gasteiger partial charge in [-0.2, -0.15) is 5.10 Å². The van der Waals surface area contributed by atoms with Crippen LogP contribution in [0.4, 0.5) is 5.69 Å². The van der Waals surface area contributed by atoms with Crippen molar-refractivity contribution in [1.29, 1.82) is 0 Å². The predicted molar refractivity (Wildman–Crippen MR) is 86.4 cm³/mol. The Hall–Kier alpha value is -3.48. The Bertz CT molecular complexity index is 903. The number of carbonyl (C=O) groups is 1. The molecular formula is C17H13N3O4. The molecule has 7 nitrogen and oxygen atoms in total. The quantitative estimate of drug-likeness (QED) is 0.318. The average molecular weight is 323 g/mol. The van der Waals surface area contributed by atoms with E-state index in [1.807, 2.05) is 30.3 Å². The van der Waals surface area contributed by atoms with Crippen LogP contribution in [0.15, 0.2) is 60.8 Å². The second kappa shape index (κ2) is 6.33. The van der Waals surface area contributed by atoms with Crippen molar-refractivity contribution in [3.63, 3.8) is 0 Å². The number of nitro benzene ring substituents is 1. The van der Waals surface area contributed by atoms with E-state index in [1.54, 1.807) is 10.9 Å². The number of hydrogen-bond acceptors (Lipinski definition) is 5. The van der Waals surface area contributed by atoms with E-state index in [2.05, 4.69) is 5.10 Å². The molecule has 7 heteroatoms. The summed E-state index contributed by atoms with van der Waals surface area (Å²) in [5.74, 6) is -0.531. The average Bonchev–Trinajstić information content (AvgIpc) is 3.07. The number of esters is 1. The molecule has 0 saturated carbocycles. The van der Waals surface area contributed by atoms with Crippen LogP contribution in [0.1, 0.15) is 16.1 Å². The molecule has 0 unspecified atom stereocenters. The Morgan fingerprint density at radius 3 is 2.58 bits per heavy atom. The molecule has 2 aromatic carbocycles. The van der Waals surface area contributed by atoms with Gasteiger partial charge in [-0.25, -0.2) is 9.48 Å². The zero-order valence-electron chi connectivity index (χ0n) is 12.7. The lowest BCUT2D eigenvalue weighted by atomic mass is 10.2. The number of nitrogens with zero attached hydrogens (tertiary/aromatic N) is 3. The third kappa shape index (κ3) is 3.00. The Balaban J connectivity index is 1.83. The highest BCUT2D eigenvalue weighted by Crippen LogP contribution is 2.27. The summed E-state index contributed by atoms with van der Waals surface area (Å²) in [6.45, 7) is 1.53. The number of nitro groups is 1. The third-order valence-corrected chi connectivity index (χ3v) is 3.47. The van der Waals surface area contributed by atoms with Gasteiger partial charge in [-0.1, -0.05) is 24.3 Å². The lowest BCUT2D eigenvalue weighted by Gasteiger charge is -2.06. The van der Waals surface area contributed by atoms with Gasteiger partial charge in [-0.05, 0) is 31.2 Å². The van der Waals surface area contributed by atoms with Crippen LogP contribution in [0.25, 0.3) is 5.69 Å². The van der Waals surface area contributed by atoms with Gasteiger partial charge < -0.3 is 4.74 Å². The van der Waals surface area contributed by atoms with Gasteiger partial charge in [0.1, 0.15) is 5.75 Å². The second-order valence-corrected chi connectivity index (χ2v) is 5.03. The highest BCUT2D eigenvalue weighted by molar-refractivity contribution is 5.89. The summed E-state index contributed by atoms with van der Waals surface area (Å²) in [5.41, 5.74) is 1.11. The Morgan fingerprint density at radius 2 is 1.88 bits per heavy atom. The summed E-state index contributed by atoms with van der Waals surface area (Å²) in [6.07, 6.45) is 1.65. The molecule has 0 aliphatic heterocycles. The van der Waals surface area contributed by atoms with Gasteiger partial charge in [-0.15, -0.1) is 0 Å². The van der Waals surface area contributed by atoms with Gasteiger partial charge in [-0.3, -0.25) is 10.1 Å². The van der Waals surface area contributed by atoms with E-state index in [0.29, 0.717) is 5.56 Å². The second-order valence-electron chi connectivity index (χ2n) is 5.03. The first-order valence-corrected chi connectivity index (χ1v) is 7.13.